The first-order valence-electron chi connectivity index (χ1n) is 2.37. The van der Waals surface area contributed by atoms with Crippen molar-refractivity contribution in [1.82, 2.24) is 0 Å². The van der Waals surface area contributed by atoms with E-state index < -0.39 is 6.23 Å². The zero-order valence-electron chi connectivity index (χ0n) is 4.46. The topological polar surface area (TPSA) is 46.2 Å². The van der Waals surface area contributed by atoms with Crippen LogP contribution in [-0.2, 0) is 0 Å². The van der Waals surface area contributed by atoms with Crippen LogP contribution in [0.5, 0.6) is 0 Å². The average Bonchev–Trinajstić information content (AvgIpc) is 1.61. The van der Waals surface area contributed by atoms with Crippen LogP contribution in [0, 0.1) is 0 Å². The Morgan fingerprint density at radius 1 is 1.86 bits per heavy atom. The molecule has 0 saturated heterocycles. The Bertz CT molecular complexity index is 59.1. The van der Waals surface area contributed by atoms with E-state index in [4.69, 9.17) is 10.8 Å². The summed E-state index contributed by atoms with van der Waals surface area (Å²) in [5, 5.41) is 8.37. The molecule has 1 unspecified atom stereocenters. The molecule has 2 heteroatoms. The third-order valence-electron chi connectivity index (χ3n) is 0.569. The highest BCUT2D eigenvalue weighted by atomic mass is 16.3. The van der Waals surface area contributed by atoms with Crippen molar-refractivity contribution in [3.8, 4) is 0 Å². The second kappa shape index (κ2) is 3.84. The van der Waals surface area contributed by atoms with E-state index >= 15 is 0 Å². The van der Waals surface area contributed by atoms with Gasteiger partial charge in [-0.2, -0.15) is 0 Å². The van der Waals surface area contributed by atoms with Gasteiger partial charge in [0.1, 0.15) is 6.23 Å². The molecule has 0 rings (SSSR count). The van der Waals surface area contributed by atoms with Crippen LogP contribution in [0.3, 0.4) is 0 Å². The van der Waals surface area contributed by atoms with Crippen molar-refractivity contribution in [2.45, 2.75) is 19.6 Å². The van der Waals surface area contributed by atoms with Gasteiger partial charge in [-0.25, -0.2) is 0 Å². The van der Waals surface area contributed by atoms with Gasteiger partial charge in [-0.05, 0) is 12.5 Å². The Kier molecular flexibility index (Phi) is 3.65. The highest BCUT2D eigenvalue weighted by molar-refractivity contribution is 4.83. The standard InChI is InChI=1S/C5H11NO/c1-2-3-4-5(6)7/h3-5,7H,2,6H2,1H3/b4-3+. The third kappa shape index (κ3) is 5.66. The summed E-state index contributed by atoms with van der Waals surface area (Å²) in [6, 6.07) is 0. The van der Waals surface area contributed by atoms with Gasteiger partial charge in [0.15, 0.2) is 0 Å². The summed E-state index contributed by atoms with van der Waals surface area (Å²) in [6.45, 7) is 1.98. The molecule has 0 aliphatic heterocycles. The molecule has 0 bridgehead atoms. The third-order valence-corrected chi connectivity index (χ3v) is 0.569. The molecule has 1 atom stereocenters. The molecule has 0 aliphatic rings. The predicted molar refractivity (Wildman–Crippen MR) is 29.6 cm³/mol. The minimum absolute atomic E-state index is 0.778. The maximum Gasteiger partial charge on any atom is 0.121 e. The highest BCUT2D eigenvalue weighted by Crippen LogP contribution is 1.79. The molecule has 0 saturated carbocycles. The predicted octanol–water partition coefficient (Wildman–Crippen LogP) is 0.230. The molecule has 7 heavy (non-hydrogen) atoms. The molecule has 0 heterocycles. The van der Waals surface area contributed by atoms with E-state index in [0.717, 1.165) is 6.42 Å². The lowest BCUT2D eigenvalue weighted by molar-refractivity contribution is 0.231. The summed E-state index contributed by atoms with van der Waals surface area (Å²) in [4.78, 5) is 0. The van der Waals surface area contributed by atoms with E-state index in [0.29, 0.717) is 0 Å². The molecule has 0 aromatic carbocycles. The lowest BCUT2D eigenvalue weighted by Crippen LogP contribution is -2.14. The summed E-state index contributed by atoms with van der Waals surface area (Å²) >= 11 is 0. The van der Waals surface area contributed by atoms with Gasteiger partial charge in [-0.3, -0.25) is 0 Å². The van der Waals surface area contributed by atoms with Crippen LogP contribution < -0.4 is 5.73 Å². The number of aliphatic hydroxyl groups excluding tert-OH is 1. The van der Waals surface area contributed by atoms with Crippen LogP contribution in [0.1, 0.15) is 13.3 Å². The summed E-state index contributed by atoms with van der Waals surface area (Å²) in [6.07, 6.45) is 3.53. The number of nitrogens with two attached hydrogens (primary N) is 1. The van der Waals surface area contributed by atoms with Gasteiger partial charge in [0.25, 0.3) is 0 Å². The maximum atomic E-state index is 8.37. The fourth-order valence-corrected chi connectivity index (χ4v) is 0.276. The number of allylic oxidation sites excluding steroid dienone is 1. The van der Waals surface area contributed by atoms with Crippen molar-refractivity contribution >= 4 is 0 Å². The van der Waals surface area contributed by atoms with Crippen molar-refractivity contribution in [2.24, 2.45) is 5.73 Å². The molecule has 0 amide bonds. The summed E-state index contributed by atoms with van der Waals surface area (Å²) < 4.78 is 0. The molecule has 0 spiro atoms. The van der Waals surface area contributed by atoms with E-state index in [-0.39, 0.29) is 0 Å². The first-order chi connectivity index (χ1) is 3.27. The Morgan fingerprint density at radius 3 is 2.57 bits per heavy atom. The van der Waals surface area contributed by atoms with Crippen LogP contribution >= 0.6 is 0 Å². The van der Waals surface area contributed by atoms with Crippen molar-refractivity contribution in [3.05, 3.63) is 12.2 Å². The van der Waals surface area contributed by atoms with Crippen molar-refractivity contribution in [1.29, 1.82) is 0 Å². The number of hydrogen-bond acceptors (Lipinski definition) is 2. The van der Waals surface area contributed by atoms with Crippen LogP contribution in [0.15, 0.2) is 12.2 Å². The molecule has 0 aromatic heterocycles. The van der Waals surface area contributed by atoms with Crippen LogP contribution in [-0.4, -0.2) is 11.3 Å². The summed E-state index contributed by atoms with van der Waals surface area (Å²) in [5.41, 5.74) is 4.95. The maximum absolute atomic E-state index is 8.37. The zero-order valence-corrected chi connectivity index (χ0v) is 4.46. The number of aliphatic hydroxyl groups is 1. The number of rotatable bonds is 2. The molecule has 42 valence electrons. The van der Waals surface area contributed by atoms with Gasteiger partial charge < -0.3 is 10.8 Å². The smallest absolute Gasteiger partial charge is 0.121 e. The van der Waals surface area contributed by atoms with E-state index in [1.54, 1.807) is 6.08 Å². The molecule has 3 N–H and O–H groups in total. The SMILES string of the molecule is CC/C=C/C(N)O. The van der Waals surface area contributed by atoms with Crippen LogP contribution in [0.2, 0.25) is 0 Å². The van der Waals surface area contributed by atoms with Crippen LogP contribution in [0.4, 0.5) is 0 Å². The second-order valence-corrected chi connectivity index (χ2v) is 1.33. The lowest BCUT2D eigenvalue weighted by atomic mass is 10.4. The van der Waals surface area contributed by atoms with Gasteiger partial charge in [-0.1, -0.05) is 13.0 Å². The fourth-order valence-electron chi connectivity index (χ4n) is 0.276. The fraction of sp³-hybridized carbons (Fsp3) is 0.600. The van der Waals surface area contributed by atoms with E-state index in [2.05, 4.69) is 0 Å². The molecule has 2 nitrogen and oxygen atoms in total. The van der Waals surface area contributed by atoms with Gasteiger partial charge >= 0.3 is 0 Å². The largest absolute Gasteiger partial charge is 0.375 e. The molecule has 0 fully saturated rings. The number of hydrogen-bond donors (Lipinski definition) is 2. The minimum Gasteiger partial charge on any atom is -0.375 e. The quantitative estimate of drug-likeness (QED) is 0.386. The first-order valence-corrected chi connectivity index (χ1v) is 2.37. The minimum atomic E-state index is -0.778. The van der Waals surface area contributed by atoms with Gasteiger partial charge in [0, 0.05) is 0 Å². The molecule has 0 aromatic rings. The van der Waals surface area contributed by atoms with Crippen molar-refractivity contribution in [3.63, 3.8) is 0 Å². The monoisotopic (exact) mass is 101 g/mol. The summed E-state index contributed by atoms with van der Waals surface area (Å²) in [5.74, 6) is 0. The highest BCUT2D eigenvalue weighted by Gasteiger charge is 1.79. The second-order valence-electron chi connectivity index (χ2n) is 1.33. The normalized spacial score (nSPS) is 15.3. The summed E-state index contributed by atoms with van der Waals surface area (Å²) in [7, 11) is 0. The average molecular weight is 101 g/mol. The zero-order chi connectivity index (χ0) is 5.70. The Balaban J connectivity index is 3.08. The van der Waals surface area contributed by atoms with Gasteiger partial charge in [0.2, 0.25) is 0 Å². The Morgan fingerprint density at radius 2 is 2.43 bits per heavy atom. The Hall–Kier alpha value is -0.340. The van der Waals surface area contributed by atoms with Gasteiger partial charge in [0.05, 0.1) is 0 Å². The van der Waals surface area contributed by atoms with E-state index in [1.807, 2.05) is 13.0 Å². The molecular weight excluding hydrogens is 90.1 g/mol. The Labute approximate surface area is 43.6 Å². The molecule has 0 aliphatic carbocycles. The molecule has 0 radical (unpaired) electrons. The first kappa shape index (κ1) is 6.66. The van der Waals surface area contributed by atoms with Crippen molar-refractivity contribution < 1.29 is 5.11 Å². The van der Waals surface area contributed by atoms with E-state index in [9.17, 15) is 0 Å². The van der Waals surface area contributed by atoms with Crippen molar-refractivity contribution in [2.75, 3.05) is 0 Å². The van der Waals surface area contributed by atoms with Gasteiger partial charge in [-0.15, -0.1) is 0 Å². The van der Waals surface area contributed by atoms with E-state index in [1.165, 1.54) is 0 Å². The van der Waals surface area contributed by atoms with Crippen LogP contribution in [0.25, 0.3) is 0 Å². The lowest BCUT2D eigenvalue weighted by Gasteiger charge is -1.89. The molecular formula is C5H11NO.